The fraction of sp³-hybridized carbons (Fsp3) is 0.833. The molecule has 1 atom stereocenters. The number of alkyl halides is 1. The highest BCUT2D eigenvalue weighted by Gasteiger charge is 2.07. The van der Waals surface area contributed by atoms with Crippen molar-refractivity contribution in [3.8, 4) is 0 Å². The molecule has 2 nitrogen and oxygen atoms in total. The lowest BCUT2D eigenvalue weighted by atomic mass is 9.95. The fourth-order valence-corrected chi connectivity index (χ4v) is 2.18. The molecular weight excluding hydrogens is 256 g/mol. The van der Waals surface area contributed by atoms with Gasteiger partial charge in [0.25, 0.3) is 0 Å². The SMILES string of the molecule is CCOC(CBr)OCC=C1CCCCC1. The van der Waals surface area contributed by atoms with Crippen LogP contribution in [0.15, 0.2) is 11.6 Å². The molecule has 1 saturated carbocycles. The zero-order valence-corrected chi connectivity index (χ0v) is 11.1. The first kappa shape index (κ1) is 13.2. The Kier molecular flexibility index (Phi) is 7.32. The zero-order valence-electron chi connectivity index (χ0n) is 9.51. The number of rotatable bonds is 6. The van der Waals surface area contributed by atoms with Gasteiger partial charge < -0.3 is 9.47 Å². The summed E-state index contributed by atoms with van der Waals surface area (Å²) in [7, 11) is 0. The predicted molar refractivity (Wildman–Crippen MR) is 66.3 cm³/mol. The highest BCUT2D eigenvalue weighted by atomic mass is 79.9. The first-order chi connectivity index (χ1) is 7.36. The van der Waals surface area contributed by atoms with Gasteiger partial charge in [0.05, 0.1) is 11.9 Å². The van der Waals surface area contributed by atoms with E-state index >= 15 is 0 Å². The molecule has 1 unspecified atom stereocenters. The maximum absolute atomic E-state index is 5.59. The van der Waals surface area contributed by atoms with E-state index in [2.05, 4.69) is 22.0 Å². The van der Waals surface area contributed by atoms with Gasteiger partial charge in [0.15, 0.2) is 6.29 Å². The van der Waals surface area contributed by atoms with E-state index < -0.39 is 0 Å². The van der Waals surface area contributed by atoms with Crippen LogP contribution in [0.2, 0.25) is 0 Å². The molecule has 0 aliphatic heterocycles. The summed E-state index contributed by atoms with van der Waals surface area (Å²) in [5.41, 5.74) is 1.56. The second kappa shape index (κ2) is 8.31. The third kappa shape index (κ3) is 5.69. The van der Waals surface area contributed by atoms with Crippen LogP contribution < -0.4 is 0 Å². The number of ether oxygens (including phenoxy) is 2. The molecule has 1 aliphatic carbocycles. The third-order valence-electron chi connectivity index (χ3n) is 2.63. The minimum Gasteiger partial charge on any atom is -0.352 e. The van der Waals surface area contributed by atoms with Gasteiger partial charge >= 0.3 is 0 Å². The number of hydrogen-bond acceptors (Lipinski definition) is 2. The van der Waals surface area contributed by atoms with Crippen molar-refractivity contribution in [3.63, 3.8) is 0 Å². The average Bonchev–Trinajstić information content (AvgIpc) is 2.29. The molecule has 0 spiro atoms. The van der Waals surface area contributed by atoms with Gasteiger partial charge in [-0.25, -0.2) is 0 Å². The van der Waals surface area contributed by atoms with Gasteiger partial charge in [0.2, 0.25) is 0 Å². The smallest absolute Gasteiger partial charge is 0.167 e. The number of hydrogen-bond donors (Lipinski definition) is 0. The van der Waals surface area contributed by atoms with Crippen molar-refractivity contribution in [3.05, 3.63) is 11.6 Å². The summed E-state index contributed by atoms with van der Waals surface area (Å²) in [6, 6.07) is 0. The summed E-state index contributed by atoms with van der Waals surface area (Å²) < 4.78 is 11.0. The van der Waals surface area contributed by atoms with E-state index in [1.54, 1.807) is 5.57 Å². The van der Waals surface area contributed by atoms with E-state index in [-0.39, 0.29) is 6.29 Å². The molecule has 0 amide bonds. The second-order valence-electron chi connectivity index (χ2n) is 3.80. The van der Waals surface area contributed by atoms with E-state index in [9.17, 15) is 0 Å². The van der Waals surface area contributed by atoms with Crippen molar-refractivity contribution in [1.82, 2.24) is 0 Å². The van der Waals surface area contributed by atoms with Gasteiger partial charge in [-0.2, -0.15) is 0 Å². The molecule has 0 aromatic carbocycles. The van der Waals surface area contributed by atoms with E-state index in [1.165, 1.54) is 32.1 Å². The Labute approximate surface area is 101 Å². The lowest BCUT2D eigenvalue weighted by molar-refractivity contribution is -0.114. The van der Waals surface area contributed by atoms with Crippen molar-refractivity contribution >= 4 is 15.9 Å². The lowest BCUT2D eigenvalue weighted by Gasteiger charge is -2.16. The van der Waals surface area contributed by atoms with Gasteiger partial charge in [0, 0.05) is 6.61 Å². The number of halogens is 1. The molecule has 1 rings (SSSR count). The van der Waals surface area contributed by atoms with Crippen molar-refractivity contribution in [2.24, 2.45) is 0 Å². The second-order valence-corrected chi connectivity index (χ2v) is 4.44. The molecule has 0 N–H and O–H groups in total. The summed E-state index contributed by atoms with van der Waals surface area (Å²) in [6.45, 7) is 3.37. The van der Waals surface area contributed by atoms with Crippen molar-refractivity contribution in [1.29, 1.82) is 0 Å². The first-order valence-corrected chi connectivity index (χ1v) is 6.96. The third-order valence-corrected chi connectivity index (χ3v) is 3.16. The number of allylic oxidation sites excluding steroid dienone is 1. The molecular formula is C12H21BrO2. The quantitative estimate of drug-likeness (QED) is 0.419. The van der Waals surface area contributed by atoms with Crippen molar-refractivity contribution in [2.75, 3.05) is 18.5 Å². The van der Waals surface area contributed by atoms with Crippen LogP contribution in [-0.2, 0) is 9.47 Å². The van der Waals surface area contributed by atoms with Crippen LogP contribution in [0, 0.1) is 0 Å². The summed E-state index contributed by atoms with van der Waals surface area (Å²) in [5, 5.41) is 0.740. The first-order valence-electron chi connectivity index (χ1n) is 5.84. The molecule has 0 bridgehead atoms. The van der Waals surface area contributed by atoms with Crippen LogP contribution in [0.3, 0.4) is 0 Å². The minimum atomic E-state index is -0.101. The largest absolute Gasteiger partial charge is 0.352 e. The highest BCUT2D eigenvalue weighted by molar-refractivity contribution is 9.09. The fourth-order valence-electron chi connectivity index (χ4n) is 1.81. The van der Waals surface area contributed by atoms with Gasteiger partial charge in [0.1, 0.15) is 0 Å². The Bertz CT molecular complexity index is 184. The molecule has 1 fully saturated rings. The summed E-state index contributed by atoms with van der Waals surface area (Å²) in [6.07, 6.45) is 8.73. The molecule has 0 heterocycles. The van der Waals surface area contributed by atoms with E-state index in [1.807, 2.05) is 6.92 Å². The van der Waals surface area contributed by atoms with Gasteiger partial charge in [-0.3, -0.25) is 0 Å². The predicted octanol–water partition coefficient (Wildman–Crippen LogP) is 3.65. The Morgan fingerprint density at radius 3 is 2.60 bits per heavy atom. The van der Waals surface area contributed by atoms with Crippen LogP contribution in [0.1, 0.15) is 39.0 Å². The Morgan fingerprint density at radius 1 is 1.27 bits per heavy atom. The summed E-state index contributed by atoms with van der Waals surface area (Å²) in [5.74, 6) is 0. The molecule has 0 aromatic rings. The maximum atomic E-state index is 5.59. The minimum absolute atomic E-state index is 0.101. The van der Waals surface area contributed by atoms with E-state index in [4.69, 9.17) is 9.47 Å². The van der Waals surface area contributed by atoms with Gasteiger partial charge in [-0.15, -0.1) is 0 Å². The Morgan fingerprint density at radius 2 is 2.00 bits per heavy atom. The highest BCUT2D eigenvalue weighted by Crippen LogP contribution is 2.22. The van der Waals surface area contributed by atoms with Gasteiger partial charge in [-0.1, -0.05) is 34.0 Å². The molecule has 15 heavy (non-hydrogen) atoms. The Hall–Kier alpha value is 0.140. The standard InChI is InChI=1S/C12H21BrO2/c1-2-14-12(10-13)15-9-8-11-6-4-3-5-7-11/h8,12H,2-7,9-10H2,1H3. The molecule has 0 aromatic heterocycles. The topological polar surface area (TPSA) is 18.5 Å². The molecule has 0 radical (unpaired) electrons. The summed E-state index contributed by atoms with van der Waals surface area (Å²) in [4.78, 5) is 0. The van der Waals surface area contributed by atoms with E-state index in [0.29, 0.717) is 13.2 Å². The molecule has 3 heteroatoms. The van der Waals surface area contributed by atoms with Crippen LogP contribution in [-0.4, -0.2) is 24.8 Å². The van der Waals surface area contributed by atoms with Gasteiger partial charge in [-0.05, 0) is 32.6 Å². The van der Waals surface area contributed by atoms with Crippen LogP contribution in [0.5, 0.6) is 0 Å². The van der Waals surface area contributed by atoms with Crippen LogP contribution in [0.25, 0.3) is 0 Å². The Balaban J connectivity index is 2.17. The normalized spacial score (nSPS) is 18.9. The van der Waals surface area contributed by atoms with Crippen molar-refractivity contribution in [2.45, 2.75) is 45.3 Å². The molecule has 1 aliphatic rings. The monoisotopic (exact) mass is 276 g/mol. The van der Waals surface area contributed by atoms with Crippen molar-refractivity contribution < 1.29 is 9.47 Å². The maximum Gasteiger partial charge on any atom is 0.167 e. The lowest BCUT2D eigenvalue weighted by Crippen LogP contribution is -2.19. The molecule has 0 saturated heterocycles. The van der Waals surface area contributed by atoms with Crippen LogP contribution >= 0.6 is 15.9 Å². The summed E-state index contributed by atoms with van der Waals surface area (Å²) >= 11 is 3.37. The zero-order chi connectivity index (χ0) is 10.9. The molecule has 88 valence electrons. The average molecular weight is 277 g/mol. The van der Waals surface area contributed by atoms with Crippen LogP contribution in [0.4, 0.5) is 0 Å². The van der Waals surface area contributed by atoms with E-state index in [0.717, 1.165) is 5.33 Å².